The molecule has 0 aromatic rings. The predicted octanol–water partition coefficient (Wildman–Crippen LogP) is 1.94. The molecule has 4 aliphatic rings. The molecule has 0 amide bonds. The fraction of sp³-hybridized carbons (Fsp3) is 1.00. The van der Waals surface area contributed by atoms with Crippen LogP contribution in [0, 0.1) is 23.7 Å². The summed E-state index contributed by atoms with van der Waals surface area (Å²) in [6, 6.07) is 0. The van der Waals surface area contributed by atoms with Gasteiger partial charge in [-0.3, -0.25) is 0 Å². The first-order valence-electron chi connectivity index (χ1n) is 6.37. The van der Waals surface area contributed by atoms with Gasteiger partial charge in [0, 0.05) is 0 Å². The molecule has 0 aliphatic heterocycles. The van der Waals surface area contributed by atoms with Gasteiger partial charge in [0.25, 0.3) is 0 Å². The Bertz CT molecular complexity index is 242. The topological polar surface area (TPSA) is 40.5 Å². The molecular weight excluding hydrogens is 188 g/mol. The van der Waals surface area contributed by atoms with E-state index in [-0.39, 0.29) is 0 Å². The van der Waals surface area contributed by atoms with Crippen molar-refractivity contribution in [2.24, 2.45) is 23.7 Å². The van der Waals surface area contributed by atoms with E-state index in [0.717, 1.165) is 32.1 Å². The zero-order valence-corrected chi connectivity index (χ0v) is 9.74. The molecule has 2 nitrogen and oxygen atoms in total. The highest BCUT2D eigenvalue weighted by molar-refractivity contribution is 5.09. The molecule has 0 saturated heterocycles. The fourth-order valence-corrected chi connectivity index (χ4v) is 4.54. The van der Waals surface area contributed by atoms with Crippen molar-refractivity contribution in [3.63, 3.8) is 0 Å². The van der Waals surface area contributed by atoms with Gasteiger partial charge in [0.15, 0.2) is 0 Å². The van der Waals surface area contributed by atoms with Crippen LogP contribution in [0.25, 0.3) is 0 Å². The Labute approximate surface area is 91.7 Å². The quantitative estimate of drug-likeness (QED) is 0.641. The van der Waals surface area contributed by atoms with Crippen molar-refractivity contribution in [2.75, 3.05) is 0 Å². The van der Waals surface area contributed by atoms with Gasteiger partial charge >= 0.3 is 0 Å². The van der Waals surface area contributed by atoms with Crippen LogP contribution in [0.4, 0.5) is 0 Å². The molecule has 2 N–H and O–H groups in total. The summed E-state index contributed by atoms with van der Waals surface area (Å²) in [6.07, 6.45) is 5.33. The van der Waals surface area contributed by atoms with E-state index in [9.17, 15) is 10.2 Å². The van der Waals surface area contributed by atoms with Crippen molar-refractivity contribution in [1.29, 1.82) is 0 Å². The summed E-state index contributed by atoms with van der Waals surface area (Å²) in [7, 11) is 0. The Morgan fingerprint density at radius 1 is 0.733 bits per heavy atom. The van der Waals surface area contributed by atoms with Gasteiger partial charge in [-0.2, -0.15) is 0 Å². The van der Waals surface area contributed by atoms with Crippen LogP contribution < -0.4 is 0 Å². The lowest BCUT2D eigenvalue weighted by atomic mass is 9.56. The standard InChI is InChI=1S/C13H22O2/c1-12(14)8-3-4-9-6-10(12)7-11(5-8)13(9,2)15/h8-11,14-15H,3-7H2,1-2H3/t8-,9-,10+,11+,12?,13?/m0/s1. The van der Waals surface area contributed by atoms with Crippen LogP contribution in [0.15, 0.2) is 0 Å². The minimum Gasteiger partial charge on any atom is -0.390 e. The fourth-order valence-electron chi connectivity index (χ4n) is 4.54. The lowest BCUT2D eigenvalue weighted by molar-refractivity contribution is -0.168. The molecule has 2 unspecified atom stereocenters. The van der Waals surface area contributed by atoms with Gasteiger partial charge < -0.3 is 10.2 Å². The first kappa shape index (κ1) is 10.1. The maximum atomic E-state index is 10.6. The maximum Gasteiger partial charge on any atom is 0.0676 e. The van der Waals surface area contributed by atoms with E-state index in [1.807, 2.05) is 13.8 Å². The molecule has 4 rings (SSSR count). The third kappa shape index (κ3) is 1.18. The van der Waals surface area contributed by atoms with Gasteiger partial charge in [-0.1, -0.05) is 0 Å². The Kier molecular flexibility index (Phi) is 1.87. The van der Waals surface area contributed by atoms with Gasteiger partial charge in [-0.05, 0) is 69.6 Å². The molecule has 0 heterocycles. The SMILES string of the molecule is CC1(O)[C@H]2C[C@H]3C[C@@H]1CC[C@@H](C2)C3(C)O. The second-order valence-corrected chi connectivity index (χ2v) is 6.52. The van der Waals surface area contributed by atoms with E-state index in [1.165, 1.54) is 0 Å². The molecule has 2 heteroatoms. The summed E-state index contributed by atoms with van der Waals surface area (Å²) < 4.78 is 0. The lowest BCUT2D eigenvalue weighted by Crippen LogP contribution is -2.56. The summed E-state index contributed by atoms with van der Waals surface area (Å²) in [5.74, 6) is 1.74. The van der Waals surface area contributed by atoms with Crippen LogP contribution in [-0.2, 0) is 0 Å². The van der Waals surface area contributed by atoms with E-state index in [2.05, 4.69) is 0 Å². The van der Waals surface area contributed by atoms with Gasteiger partial charge in [0.2, 0.25) is 0 Å². The van der Waals surface area contributed by atoms with Crippen LogP contribution in [0.5, 0.6) is 0 Å². The first-order valence-corrected chi connectivity index (χ1v) is 6.37. The van der Waals surface area contributed by atoms with Crippen LogP contribution in [-0.4, -0.2) is 21.4 Å². The number of fused-ring (bicyclic) bond motifs is 1. The Balaban J connectivity index is 2.01. The second kappa shape index (κ2) is 2.78. The van der Waals surface area contributed by atoms with E-state index >= 15 is 0 Å². The highest BCUT2D eigenvalue weighted by Crippen LogP contribution is 2.59. The van der Waals surface area contributed by atoms with Crippen molar-refractivity contribution in [2.45, 2.75) is 57.2 Å². The molecule has 6 atom stereocenters. The predicted molar refractivity (Wildman–Crippen MR) is 58.3 cm³/mol. The van der Waals surface area contributed by atoms with Crippen LogP contribution in [0.3, 0.4) is 0 Å². The van der Waals surface area contributed by atoms with Gasteiger partial charge in [-0.25, -0.2) is 0 Å². The molecule has 0 aromatic carbocycles. The Hall–Kier alpha value is -0.0800. The highest BCUT2D eigenvalue weighted by atomic mass is 16.3. The molecule has 15 heavy (non-hydrogen) atoms. The summed E-state index contributed by atoms with van der Waals surface area (Å²) in [5, 5.41) is 21.1. The van der Waals surface area contributed by atoms with Crippen LogP contribution in [0.2, 0.25) is 0 Å². The van der Waals surface area contributed by atoms with Gasteiger partial charge in [0.05, 0.1) is 11.2 Å². The number of aliphatic hydroxyl groups is 2. The monoisotopic (exact) mass is 210 g/mol. The Morgan fingerprint density at radius 3 is 1.47 bits per heavy atom. The number of hydrogen-bond donors (Lipinski definition) is 2. The van der Waals surface area contributed by atoms with Crippen LogP contribution >= 0.6 is 0 Å². The summed E-state index contributed by atoms with van der Waals surface area (Å²) in [6.45, 7) is 4.06. The molecular formula is C13H22O2. The maximum absolute atomic E-state index is 10.6. The van der Waals surface area contributed by atoms with E-state index < -0.39 is 11.2 Å². The molecule has 4 fully saturated rings. The zero-order valence-electron chi connectivity index (χ0n) is 9.74. The molecule has 4 saturated carbocycles. The van der Waals surface area contributed by atoms with Crippen molar-refractivity contribution in [1.82, 2.24) is 0 Å². The molecule has 4 bridgehead atoms. The van der Waals surface area contributed by atoms with Crippen molar-refractivity contribution < 1.29 is 10.2 Å². The zero-order chi connectivity index (χ0) is 10.8. The minimum atomic E-state index is -0.457. The van der Waals surface area contributed by atoms with E-state index in [0.29, 0.717) is 23.7 Å². The molecule has 0 aromatic heterocycles. The van der Waals surface area contributed by atoms with Gasteiger partial charge in [0.1, 0.15) is 0 Å². The summed E-state index contributed by atoms with van der Waals surface area (Å²) in [4.78, 5) is 0. The molecule has 86 valence electrons. The third-order valence-electron chi connectivity index (χ3n) is 5.88. The molecule has 0 radical (unpaired) electrons. The number of rotatable bonds is 0. The highest BCUT2D eigenvalue weighted by Gasteiger charge is 2.58. The summed E-state index contributed by atoms with van der Waals surface area (Å²) in [5.41, 5.74) is -0.913. The minimum absolute atomic E-state index is 0.431. The smallest absolute Gasteiger partial charge is 0.0676 e. The average Bonchev–Trinajstić information content (AvgIpc) is 2.30. The lowest BCUT2D eigenvalue weighted by Gasteiger charge is -2.54. The first-order chi connectivity index (χ1) is 6.92. The Morgan fingerprint density at radius 2 is 1.07 bits per heavy atom. The number of hydrogen-bond acceptors (Lipinski definition) is 2. The van der Waals surface area contributed by atoms with Gasteiger partial charge in [-0.15, -0.1) is 0 Å². The summed E-state index contributed by atoms with van der Waals surface area (Å²) >= 11 is 0. The van der Waals surface area contributed by atoms with E-state index in [1.54, 1.807) is 0 Å². The average molecular weight is 210 g/mol. The van der Waals surface area contributed by atoms with Crippen molar-refractivity contribution >= 4 is 0 Å². The van der Waals surface area contributed by atoms with E-state index in [4.69, 9.17) is 0 Å². The third-order valence-corrected chi connectivity index (χ3v) is 5.88. The van der Waals surface area contributed by atoms with Crippen LogP contribution in [0.1, 0.15) is 46.0 Å². The largest absolute Gasteiger partial charge is 0.390 e. The molecule has 4 aliphatic carbocycles. The normalized spacial score (nSPS) is 63.2. The second-order valence-electron chi connectivity index (χ2n) is 6.52. The van der Waals surface area contributed by atoms with Crippen molar-refractivity contribution in [3.8, 4) is 0 Å². The molecule has 0 spiro atoms. The van der Waals surface area contributed by atoms with Crippen molar-refractivity contribution in [3.05, 3.63) is 0 Å².